The quantitative estimate of drug-likeness (QED) is 0.655. The molecule has 6 heteroatoms. The first-order valence-corrected chi connectivity index (χ1v) is 5.75. The van der Waals surface area contributed by atoms with Crippen LogP contribution in [0.4, 0.5) is 5.82 Å². The summed E-state index contributed by atoms with van der Waals surface area (Å²) in [6.07, 6.45) is 0. The lowest BCUT2D eigenvalue weighted by atomic mass is 10.3. The lowest BCUT2D eigenvalue weighted by molar-refractivity contribution is 0.295. The summed E-state index contributed by atoms with van der Waals surface area (Å²) in [5.41, 5.74) is 3.31. The van der Waals surface area contributed by atoms with Gasteiger partial charge in [-0.05, 0) is 25.1 Å². The van der Waals surface area contributed by atoms with E-state index in [1.807, 2.05) is 19.1 Å². The Kier molecular flexibility index (Phi) is 3.96. The van der Waals surface area contributed by atoms with Crippen LogP contribution in [0.25, 0.3) is 0 Å². The van der Waals surface area contributed by atoms with Crippen molar-refractivity contribution >= 4 is 17.4 Å². The minimum absolute atomic E-state index is 0.261. The van der Waals surface area contributed by atoms with Crippen LogP contribution in [0.15, 0.2) is 30.3 Å². The molecule has 1 heterocycles. The average Bonchev–Trinajstić information content (AvgIpc) is 2.36. The van der Waals surface area contributed by atoms with Crippen molar-refractivity contribution in [3.63, 3.8) is 0 Å². The van der Waals surface area contributed by atoms with E-state index in [1.54, 1.807) is 18.2 Å². The molecular formula is C12H13ClN4O. The van der Waals surface area contributed by atoms with Crippen LogP contribution in [0, 0.1) is 6.92 Å². The number of benzene rings is 1. The molecule has 2 aromatic rings. The van der Waals surface area contributed by atoms with Crippen LogP contribution in [-0.4, -0.2) is 9.97 Å². The van der Waals surface area contributed by atoms with Crippen LogP contribution in [0.1, 0.15) is 11.5 Å². The van der Waals surface area contributed by atoms with E-state index in [1.165, 1.54) is 0 Å². The van der Waals surface area contributed by atoms with Gasteiger partial charge in [-0.3, -0.25) is 0 Å². The molecule has 1 aromatic carbocycles. The van der Waals surface area contributed by atoms with Gasteiger partial charge in [0.05, 0.1) is 0 Å². The van der Waals surface area contributed by atoms with E-state index in [0.717, 1.165) is 5.69 Å². The standard InChI is InChI=1S/C12H13ClN4O/c1-8-5-11(17-14)16-12(15-8)7-18-10-4-2-3-9(13)6-10/h2-6H,7,14H2,1H3,(H,15,16,17). The van der Waals surface area contributed by atoms with Crippen molar-refractivity contribution in [2.24, 2.45) is 5.84 Å². The van der Waals surface area contributed by atoms with Crippen LogP contribution < -0.4 is 16.0 Å². The second-order valence-corrected chi connectivity index (χ2v) is 4.14. The molecule has 0 unspecified atom stereocenters. The Labute approximate surface area is 110 Å². The fourth-order valence-corrected chi connectivity index (χ4v) is 1.65. The Morgan fingerprint density at radius 2 is 2.17 bits per heavy atom. The number of hydrogen-bond donors (Lipinski definition) is 2. The molecule has 0 saturated heterocycles. The van der Waals surface area contributed by atoms with Crippen LogP contribution in [0.2, 0.25) is 5.02 Å². The molecule has 0 saturated carbocycles. The number of nitrogens with two attached hydrogens (primary N) is 1. The summed E-state index contributed by atoms with van der Waals surface area (Å²) in [5, 5.41) is 0.627. The summed E-state index contributed by atoms with van der Waals surface area (Å²) in [6, 6.07) is 8.92. The van der Waals surface area contributed by atoms with E-state index in [0.29, 0.717) is 22.4 Å². The maximum Gasteiger partial charge on any atom is 0.168 e. The normalized spacial score (nSPS) is 10.2. The van der Waals surface area contributed by atoms with Crippen LogP contribution in [0.5, 0.6) is 5.75 Å². The number of rotatable bonds is 4. The fourth-order valence-electron chi connectivity index (χ4n) is 1.47. The van der Waals surface area contributed by atoms with E-state index < -0.39 is 0 Å². The van der Waals surface area contributed by atoms with Gasteiger partial charge in [-0.15, -0.1) is 0 Å². The molecule has 1 aromatic heterocycles. The molecule has 0 aliphatic heterocycles. The number of nitrogens with zero attached hydrogens (tertiary/aromatic N) is 2. The lowest BCUT2D eigenvalue weighted by Gasteiger charge is -2.07. The summed E-state index contributed by atoms with van der Waals surface area (Å²) in [5.74, 6) is 7.11. The smallest absolute Gasteiger partial charge is 0.168 e. The number of aryl methyl sites for hydroxylation is 1. The van der Waals surface area contributed by atoms with Gasteiger partial charge in [0.15, 0.2) is 5.82 Å². The van der Waals surface area contributed by atoms with Crippen molar-refractivity contribution < 1.29 is 4.74 Å². The number of nitrogens with one attached hydrogen (secondary N) is 1. The molecule has 0 radical (unpaired) electrons. The molecule has 94 valence electrons. The van der Waals surface area contributed by atoms with Crippen molar-refractivity contribution in [1.82, 2.24) is 9.97 Å². The Balaban J connectivity index is 2.08. The van der Waals surface area contributed by atoms with Gasteiger partial charge in [-0.2, -0.15) is 0 Å². The summed E-state index contributed by atoms with van der Waals surface area (Å²) in [4.78, 5) is 8.44. The van der Waals surface area contributed by atoms with Crippen molar-refractivity contribution in [3.05, 3.63) is 46.9 Å². The molecule has 0 fully saturated rings. The molecule has 0 aliphatic rings. The van der Waals surface area contributed by atoms with Gasteiger partial charge in [-0.1, -0.05) is 17.7 Å². The molecule has 0 amide bonds. The third kappa shape index (κ3) is 3.32. The second-order valence-electron chi connectivity index (χ2n) is 3.70. The molecule has 0 bridgehead atoms. The topological polar surface area (TPSA) is 73.1 Å². The molecule has 18 heavy (non-hydrogen) atoms. The van der Waals surface area contributed by atoms with Gasteiger partial charge in [0.2, 0.25) is 0 Å². The van der Waals surface area contributed by atoms with E-state index in [2.05, 4.69) is 15.4 Å². The Morgan fingerprint density at radius 3 is 2.89 bits per heavy atom. The van der Waals surface area contributed by atoms with Crippen molar-refractivity contribution in [2.75, 3.05) is 5.43 Å². The predicted octanol–water partition coefficient (Wildman–Crippen LogP) is 2.30. The Hall–Kier alpha value is -1.85. The van der Waals surface area contributed by atoms with Crippen LogP contribution in [0.3, 0.4) is 0 Å². The minimum atomic E-state index is 0.261. The van der Waals surface area contributed by atoms with E-state index >= 15 is 0 Å². The number of nitrogen functional groups attached to an aromatic ring is 1. The number of anilines is 1. The summed E-state index contributed by atoms with van der Waals surface area (Å²) < 4.78 is 5.55. The Morgan fingerprint density at radius 1 is 1.33 bits per heavy atom. The highest BCUT2D eigenvalue weighted by atomic mass is 35.5. The van der Waals surface area contributed by atoms with Crippen molar-refractivity contribution in [1.29, 1.82) is 0 Å². The van der Waals surface area contributed by atoms with E-state index in [-0.39, 0.29) is 6.61 Å². The summed E-state index contributed by atoms with van der Waals surface area (Å²) >= 11 is 5.86. The van der Waals surface area contributed by atoms with Gasteiger partial charge in [-0.25, -0.2) is 15.8 Å². The molecule has 5 nitrogen and oxygen atoms in total. The largest absolute Gasteiger partial charge is 0.486 e. The van der Waals surface area contributed by atoms with Gasteiger partial charge < -0.3 is 10.2 Å². The van der Waals surface area contributed by atoms with Crippen molar-refractivity contribution in [3.8, 4) is 5.75 Å². The number of hydrogen-bond acceptors (Lipinski definition) is 5. The van der Waals surface area contributed by atoms with Crippen molar-refractivity contribution in [2.45, 2.75) is 13.5 Å². The van der Waals surface area contributed by atoms with Gasteiger partial charge in [0.25, 0.3) is 0 Å². The van der Waals surface area contributed by atoms with Gasteiger partial charge >= 0.3 is 0 Å². The fraction of sp³-hybridized carbons (Fsp3) is 0.167. The zero-order valence-electron chi connectivity index (χ0n) is 9.85. The third-order valence-electron chi connectivity index (χ3n) is 2.21. The van der Waals surface area contributed by atoms with E-state index in [4.69, 9.17) is 22.2 Å². The zero-order valence-corrected chi connectivity index (χ0v) is 10.6. The van der Waals surface area contributed by atoms with Crippen LogP contribution >= 0.6 is 11.6 Å². The second kappa shape index (κ2) is 5.66. The monoisotopic (exact) mass is 264 g/mol. The molecule has 3 N–H and O–H groups in total. The first kappa shape index (κ1) is 12.6. The number of ether oxygens (including phenoxy) is 1. The summed E-state index contributed by atoms with van der Waals surface area (Å²) in [6.45, 7) is 2.13. The Bertz CT molecular complexity index is 547. The molecule has 0 aliphatic carbocycles. The van der Waals surface area contributed by atoms with Gasteiger partial charge in [0.1, 0.15) is 18.2 Å². The predicted molar refractivity (Wildman–Crippen MR) is 70.4 cm³/mol. The first-order chi connectivity index (χ1) is 8.67. The lowest BCUT2D eigenvalue weighted by Crippen LogP contribution is -2.12. The zero-order chi connectivity index (χ0) is 13.0. The maximum atomic E-state index is 5.86. The molecule has 0 atom stereocenters. The highest BCUT2D eigenvalue weighted by Crippen LogP contribution is 2.18. The highest BCUT2D eigenvalue weighted by Gasteiger charge is 2.03. The number of aromatic nitrogens is 2. The number of halogens is 1. The molecule has 0 spiro atoms. The summed E-state index contributed by atoms with van der Waals surface area (Å²) in [7, 11) is 0. The van der Waals surface area contributed by atoms with Gasteiger partial charge in [0, 0.05) is 16.8 Å². The first-order valence-electron chi connectivity index (χ1n) is 5.37. The van der Waals surface area contributed by atoms with Crippen LogP contribution in [-0.2, 0) is 6.61 Å². The molecule has 2 rings (SSSR count). The maximum absolute atomic E-state index is 5.86. The number of hydrazine groups is 1. The highest BCUT2D eigenvalue weighted by molar-refractivity contribution is 6.30. The average molecular weight is 265 g/mol. The molecular weight excluding hydrogens is 252 g/mol. The van der Waals surface area contributed by atoms with E-state index in [9.17, 15) is 0 Å². The SMILES string of the molecule is Cc1cc(NN)nc(COc2cccc(Cl)c2)n1. The third-order valence-corrected chi connectivity index (χ3v) is 2.45. The minimum Gasteiger partial charge on any atom is -0.486 e.